The number of nitrogens with one attached hydrogen (secondary N) is 1. The highest BCUT2D eigenvalue weighted by Crippen LogP contribution is 2.29. The van der Waals surface area contributed by atoms with Gasteiger partial charge in [-0.05, 0) is 23.9 Å². The lowest BCUT2D eigenvalue weighted by atomic mass is 9.82. The van der Waals surface area contributed by atoms with Gasteiger partial charge in [0.1, 0.15) is 5.54 Å². The van der Waals surface area contributed by atoms with E-state index in [0.717, 1.165) is 5.56 Å². The summed E-state index contributed by atoms with van der Waals surface area (Å²) in [4.78, 5) is 11.8. The van der Waals surface area contributed by atoms with E-state index in [1.165, 1.54) is 0 Å². The Bertz CT molecular complexity index is 758. The molecule has 172 valence electrons. The summed E-state index contributed by atoms with van der Waals surface area (Å²) in [6, 6.07) is 17.9. The monoisotopic (exact) mass is 472 g/mol. The van der Waals surface area contributed by atoms with Gasteiger partial charge in [-0.2, -0.15) is 0 Å². The second-order valence-electron chi connectivity index (χ2n) is 7.31. The van der Waals surface area contributed by atoms with Crippen LogP contribution >= 0.6 is 24.8 Å². The minimum atomic E-state index is -1.54. The molecule has 0 aromatic heterocycles. The summed E-state index contributed by atoms with van der Waals surface area (Å²) in [6.07, 6.45) is 0.354. The number of aliphatic carboxylic acids is 1. The van der Waals surface area contributed by atoms with Gasteiger partial charge in [0.25, 0.3) is 0 Å². The second kappa shape index (κ2) is 14.4. The standard InChI is InChI=1S/C21H29BN2O5.2ClH/c23-21(20(26)27,13-7-8-14-22(28)29)15-24-18(16-9-3-1-4-10-16)19(25)17-11-5-2-6-12-17;;/h1-6,9-12,18-19,24-25,28-29H,7-8,13-15,23H2,(H,26,27);2*1H/t18-,19-,21?;;/m1../s1. The molecule has 7 nitrogen and oxygen atoms in total. The number of carboxylic acid groups (broad SMARTS) is 1. The van der Waals surface area contributed by atoms with Gasteiger partial charge in [-0.1, -0.05) is 73.5 Å². The van der Waals surface area contributed by atoms with Gasteiger partial charge in [0.05, 0.1) is 12.1 Å². The van der Waals surface area contributed by atoms with Gasteiger partial charge in [0.2, 0.25) is 0 Å². The number of rotatable bonds is 12. The molecule has 3 atom stereocenters. The van der Waals surface area contributed by atoms with E-state index in [1.807, 2.05) is 60.7 Å². The van der Waals surface area contributed by atoms with Crippen LogP contribution in [0.5, 0.6) is 0 Å². The number of halogens is 2. The van der Waals surface area contributed by atoms with Crippen molar-refractivity contribution in [2.45, 2.75) is 43.3 Å². The van der Waals surface area contributed by atoms with Crippen molar-refractivity contribution in [1.82, 2.24) is 5.32 Å². The fraction of sp³-hybridized carbons (Fsp3) is 0.381. The Labute approximate surface area is 195 Å². The van der Waals surface area contributed by atoms with Crippen molar-refractivity contribution in [1.29, 1.82) is 0 Å². The van der Waals surface area contributed by atoms with E-state index < -0.39 is 30.8 Å². The lowest BCUT2D eigenvalue weighted by molar-refractivity contribution is -0.143. The zero-order valence-corrected chi connectivity index (χ0v) is 18.8. The Morgan fingerprint density at radius 1 is 0.968 bits per heavy atom. The number of carboxylic acids is 1. The molecule has 1 unspecified atom stereocenters. The molecule has 0 aliphatic carbocycles. The third-order valence-electron chi connectivity index (χ3n) is 5.01. The first-order valence-electron chi connectivity index (χ1n) is 9.73. The predicted molar refractivity (Wildman–Crippen MR) is 126 cm³/mol. The van der Waals surface area contributed by atoms with Crippen LogP contribution in [0, 0.1) is 0 Å². The molecule has 0 heterocycles. The van der Waals surface area contributed by atoms with Crippen molar-refractivity contribution in [3.8, 4) is 0 Å². The molecule has 2 aromatic rings. The van der Waals surface area contributed by atoms with Crippen LogP contribution in [0.1, 0.15) is 42.5 Å². The zero-order chi connectivity index (χ0) is 21.3. The summed E-state index contributed by atoms with van der Waals surface area (Å²) in [5.41, 5.74) is 6.15. The molecular weight excluding hydrogens is 442 g/mol. The summed E-state index contributed by atoms with van der Waals surface area (Å²) in [5.74, 6) is -1.14. The lowest BCUT2D eigenvalue weighted by Gasteiger charge is -2.31. The summed E-state index contributed by atoms with van der Waals surface area (Å²) >= 11 is 0. The van der Waals surface area contributed by atoms with E-state index in [1.54, 1.807) is 0 Å². The zero-order valence-electron chi connectivity index (χ0n) is 17.1. The number of aliphatic hydroxyl groups is 1. The fourth-order valence-corrected chi connectivity index (χ4v) is 3.25. The van der Waals surface area contributed by atoms with Crippen molar-refractivity contribution in [3.05, 3.63) is 71.8 Å². The molecule has 7 N–H and O–H groups in total. The third-order valence-corrected chi connectivity index (χ3v) is 5.01. The van der Waals surface area contributed by atoms with Gasteiger partial charge in [0.15, 0.2) is 0 Å². The Morgan fingerprint density at radius 2 is 1.48 bits per heavy atom. The van der Waals surface area contributed by atoms with E-state index in [9.17, 15) is 15.0 Å². The quantitative estimate of drug-likeness (QED) is 0.206. The van der Waals surface area contributed by atoms with Crippen molar-refractivity contribution in [2.75, 3.05) is 6.54 Å². The molecule has 0 bridgehead atoms. The molecule has 2 aromatic carbocycles. The van der Waals surface area contributed by atoms with Crippen LogP contribution in [0.2, 0.25) is 6.32 Å². The van der Waals surface area contributed by atoms with E-state index in [2.05, 4.69) is 5.32 Å². The molecule has 31 heavy (non-hydrogen) atoms. The van der Waals surface area contributed by atoms with Gasteiger partial charge in [-0.15, -0.1) is 24.8 Å². The minimum Gasteiger partial charge on any atom is -0.480 e. The largest absolute Gasteiger partial charge is 0.480 e. The Balaban J connectivity index is 0.00000450. The number of hydrogen-bond donors (Lipinski definition) is 6. The molecule has 0 saturated heterocycles. The third kappa shape index (κ3) is 9.17. The van der Waals surface area contributed by atoms with Crippen LogP contribution in [-0.2, 0) is 4.79 Å². The van der Waals surface area contributed by atoms with E-state index in [-0.39, 0.29) is 44.1 Å². The molecule has 2 rings (SSSR count). The lowest BCUT2D eigenvalue weighted by Crippen LogP contribution is -2.56. The fourth-order valence-electron chi connectivity index (χ4n) is 3.25. The summed E-state index contributed by atoms with van der Waals surface area (Å²) in [7, 11) is -1.41. The molecule has 0 radical (unpaired) electrons. The minimum absolute atomic E-state index is 0. The second-order valence-corrected chi connectivity index (χ2v) is 7.31. The maximum atomic E-state index is 11.8. The summed E-state index contributed by atoms with van der Waals surface area (Å²) in [6.45, 7) is -0.0481. The van der Waals surface area contributed by atoms with Crippen LogP contribution in [0.25, 0.3) is 0 Å². The van der Waals surface area contributed by atoms with E-state index in [0.29, 0.717) is 18.4 Å². The molecule has 0 amide bonds. The SMILES string of the molecule is Cl.Cl.NC(CCCCB(O)O)(CN[C@H](c1ccccc1)[C@H](O)c1ccccc1)C(=O)O. The molecule has 0 fully saturated rings. The highest BCUT2D eigenvalue weighted by atomic mass is 35.5. The van der Waals surface area contributed by atoms with E-state index in [4.69, 9.17) is 15.8 Å². The van der Waals surface area contributed by atoms with Crippen LogP contribution in [0.4, 0.5) is 0 Å². The summed E-state index contributed by atoms with van der Waals surface area (Å²) < 4.78 is 0. The van der Waals surface area contributed by atoms with Gasteiger partial charge in [0, 0.05) is 6.54 Å². The average molecular weight is 473 g/mol. The van der Waals surface area contributed by atoms with Crippen molar-refractivity contribution >= 4 is 37.9 Å². The van der Waals surface area contributed by atoms with Gasteiger partial charge in [-0.25, -0.2) is 0 Å². The van der Waals surface area contributed by atoms with Crippen LogP contribution in [0.3, 0.4) is 0 Å². The van der Waals surface area contributed by atoms with Crippen LogP contribution < -0.4 is 11.1 Å². The van der Waals surface area contributed by atoms with Crippen LogP contribution in [0.15, 0.2) is 60.7 Å². The number of hydrogen-bond acceptors (Lipinski definition) is 6. The number of unbranched alkanes of at least 4 members (excludes halogenated alkanes) is 1. The normalized spacial score (nSPS) is 14.3. The Hall–Kier alpha value is -1.65. The maximum Gasteiger partial charge on any atom is 0.451 e. The molecule has 0 spiro atoms. The van der Waals surface area contributed by atoms with Crippen molar-refractivity contribution in [3.63, 3.8) is 0 Å². The highest BCUT2D eigenvalue weighted by Gasteiger charge is 2.35. The number of carbonyl (C=O) groups is 1. The first-order chi connectivity index (χ1) is 13.8. The highest BCUT2D eigenvalue weighted by molar-refractivity contribution is 6.40. The smallest absolute Gasteiger partial charge is 0.451 e. The number of benzene rings is 2. The molecule has 0 aliphatic rings. The molecule has 10 heteroatoms. The number of aliphatic hydroxyl groups excluding tert-OH is 1. The van der Waals surface area contributed by atoms with Gasteiger partial charge < -0.3 is 31.3 Å². The summed E-state index contributed by atoms with van der Waals surface area (Å²) in [5, 5.41) is 41.6. The maximum absolute atomic E-state index is 11.8. The number of nitrogens with two attached hydrogens (primary N) is 1. The molecule has 0 aliphatic heterocycles. The van der Waals surface area contributed by atoms with Crippen molar-refractivity contribution < 1.29 is 25.1 Å². The van der Waals surface area contributed by atoms with Gasteiger partial charge in [-0.3, -0.25) is 4.79 Å². The Morgan fingerprint density at radius 3 is 1.97 bits per heavy atom. The van der Waals surface area contributed by atoms with Crippen molar-refractivity contribution in [2.24, 2.45) is 5.73 Å². The van der Waals surface area contributed by atoms with Gasteiger partial charge >= 0.3 is 13.1 Å². The van der Waals surface area contributed by atoms with Crippen LogP contribution in [-0.4, -0.2) is 45.4 Å². The molecule has 0 saturated carbocycles. The first-order valence-corrected chi connectivity index (χ1v) is 9.73. The topological polar surface area (TPSA) is 136 Å². The first kappa shape index (κ1) is 29.4. The van der Waals surface area contributed by atoms with E-state index >= 15 is 0 Å². The average Bonchev–Trinajstić information content (AvgIpc) is 2.72. The Kier molecular flexibility index (Phi) is 13.7. The molecular formula is C21H31BCl2N2O5. The predicted octanol–water partition coefficient (Wildman–Crippen LogP) is 2.32.